The summed E-state index contributed by atoms with van der Waals surface area (Å²) in [5.74, 6) is 0.944. The molecule has 1 N–H and O–H groups in total. The van der Waals surface area contributed by atoms with Crippen molar-refractivity contribution in [1.29, 1.82) is 0 Å². The first kappa shape index (κ1) is 13.0. The number of rotatable bonds is 6. The molecule has 2 heteroatoms. The molecule has 0 aromatic heterocycles. The molecule has 0 spiro atoms. The van der Waals surface area contributed by atoms with Crippen LogP contribution in [0.25, 0.3) is 0 Å². The molecule has 0 atom stereocenters. The summed E-state index contributed by atoms with van der Waals surface area (Å²) in [5.41, 5.74) is 0. The molecule has 1 aliphatic carbocycles. The molecule has 0 unspecified atom stereocenters. The van der Waals surface area contributed by atoms with Gasteiger partial charge >= 0.3 is 0 Å². The lowest BCUT2D eigenvalue weighted by molar-refractivity contribution is -0.116. The van der Waals surface area contributed by atoms with Crippen LogP contribution in [-0.4, -0.2) is 12.5 Å². The van der Waals surface area contributed by atoms with E-state index in [0.717, 1.165) is 18.9 Å². The van der Waals surface area contributed by atoms with Crippen LogP contribution >= 0.6 is 0 Å². The van der Waals surface area contributed by atoms with Crippen LogP contribution in [0.15, 0.2) is 24.3 Å². The molecule has 0 aromatic carbocycles. The smallest absolute Gasteiger partial charge is 0.243 e. The molecular formula is C14H23NO. The molecule has 0 radical (unpaired) electrons. The maximum Gasteiger partial charge on any atom is 0.243 e. The van der Waals surface area contributed by atoms with Crippen LogP contribution in [0, 0.1) is 5.92 Å². The minimum atomic E-state index is 0.0181. The number of allylic oxidation sites excluding steroid dienone is 3. The first-order valence-corrected chi connectivity index (χ1v) is 6.40. The molecule has 0 bridgehead atoms. The van der Waals surface area contributed by atoms with Crippen molar-refractivity contribution in [2.45, 2.75) is 45.4 Å². The number of nitrogens with one attached hydrogen (secondary N) is 1. The van der Waals surface area contributed by atoms with Crippen molar-refractivity contribution in [3.8, 4) is 0 Å². The fraction of sp³-hybridized carbons (Fsp3) is 0.643. The largest absolute Gasteiger partial charge is 0.353 e. The van der Waals surface area contributed by atoms with Crippen molar-refractivity contribution in [3.05, 3.63) is 24.3 Å². The molecule has 0 heterocycles. The lowest BCUT2D eigenvalue weighted by atomic mass is 10.0. The maximum atomic E-state index is 11.3. The molecule has 0 aromatic rings. The summed E-state index contributed by atoms with van der Waals surface area (Å²) in [6.07, 6.45) is 15.1. The van der Waals surface area contributed by atoms with Gasteiger partial charge in [0.05, 0.1) is 0 Å². The molecule has 0 aliphatic heterocycles. The highest BCUT2D eigenvalue weighted by molar-refractivity contribution is 5.87. The van der Waals surface area contributed by atoms with Crippen molar-refractivity contribution in [1.82, 2.24) is 5.32 Å². The lowest BCUT2D eigenvalue weighted by Gasteiger charge is -2.08. The molecule has 1 rings (SSSR count). The minimum absolute atomic E-state index is 0.0181. The Morgan fingerprint density at radius 3 is 2.75 bits per heavy atom. The number of hydrogen-bond donors (Lipinski definition) is 1. The Balaban J connectivity index is 1.99. The van der Waals surface area contributed by atoms with E-state index in [1.807, 2.05) is 19.1 Å². The summed E-state index contributed by atoms with van der Waals surface area (Å²) in [7, 11) is 0. The summed E-state index contributed by atoms with van der Waals surface area (Å²) < 4.78 is 0. The van der Waals surface area contributed by atoms with E-state index in [2.05, 4.69) is 5.32 Å². The van der Waals surface area contributed by atoms with Gasteiger partial charge in [0.2, 0.25) is 5.91 Å². The summed E-state index contributed by atoms with van der Waals surface area (Å²) >= 11 is 0. The summed E-state index contributed by atoms with van der Waals surface area (Å²) in [5, 5.41) is 2.91. The van der Waals surface area contributed by atoms with Crippen LogP contribution in [0.3, 0.4) is 0 Å². The third kappa shape index (κ3) is 5.74. The predicted octanol–water partition coefficient (Wildman–Crippen LogP) is 3.21. The second-order valence-corrected chi connectivity index (χ2v) is 4.47. The SMILES string of the molecule is C/C=C/C=C/C(=O)NCCCC1CCCC1. The van der Waals surface area contributed by atoms with Gasteiger partial charge in [0, 0.05) is 12.6 Å². The zero-order valence-corrected chi connectivity index (χ0v) is 10.2. The summed E-state index contributed by atoms with van der Waals surface area (Å²) in [6, 6.07) is 0. The number of carbonyl (C=O) groups is 1. The Morgan fingerprint density at radius 2 is 2.06 bits per heavy atom. The highest BCUT2D eigenvalue weighted by Gasteiger charge is 2.13. The molecule has 1 fully saturated rings. The highest BCUT2D eigenvalue weighted by Crippen LogP contribution is 2.28. The Kier molecular flexibility index (Phi) is 6.62. The zero-order chi connectivity index (χ0) is 11.6. The second-order valence-electron chi connectivity index (χ2n) is 4.47. The Morgan fingerprint density at radius 1 is 1.31 bits per heavy atom. The van der Waals surface area contributed by atoms with Crippen LogP contribution < -0.4 is 5.32 Å². The Hall–Kier alpha value is -1.05. The standard InChI is InChI=1S/C14H23NO/c1-2-3-4-11-14(16)15-12-7-10-13-8-5-6-9-13/h2-4,11,13H,5-10,12H2,1H3,(H,15,16)/b3-2+,11-4+. The highest BCUT2D eigenvalue weighted by atomic mass is 16.1. The molecule has 16 heavy (non-hydrogen) atoms. The van der Waals surface area contributed by atoms with E-state index in [4.69, 9.17) is 0 Å². The molecule has 0 saturated heterocycles. The zero-order valence-electron chi connectivity index (χ0n) is 10.2. The summed E-state index contributed by atoms with van der Waals surface area (Å²) in [4.78, 5) is 11.3. The van der Waals surface area contributed by atoms with Gasteiger partial charge in [-0.25, -0.2) is 0 Å². The van der Waals surface area contributed by atoms with Gasteiger partial charge in [0.15, 0.2) is 0 Å². The fourth-order valence-corrected chi connectivity index (χ4v) is 2.21. The van der Waals surface area contributed by atoms with E-state index in [-0.39, 0.29) is 5.91 Å². The Labute approximate surface area is 98.8 Å². The van der Waals surface area contributed by atoms with E-state index in [1.54, 1.807) is 12.2 Å². The number of amides is 1. The topological polar surface area (TPSA) is 29.1 Å². The van der Waals surface area contributed by atoms with Gasteiger partial charge in [-0.2, -0.15) is 0 Å². The maximum absolute atomic E-state index is 11.3. The van der Waals surface area contributed by atoms with Crippen molar-refractivity contribution in [2.75, 3.05) is 6.54 Å². The van der Waals surface area contributed by atoms with Gasteiger partial charge < -0.3 is 5.32 Å². The minimum Gasteiger partial charge on any atom is -0.353 e. The van der Waals surface area contributed by atoms with E-state index < -0.39 is 0 Å². The second kappa shape index (κ2) is 8.14. The predicted molar refractivity (Wildman–Crippen MR) is 68.2 cm³/mol. The molecule has 90 valence electrons. The first-order valence-electron chi connectivity index (χ1n) is 6.40. The molecular weight excluding hydrogens is 198 g/mol. The number of hydrogen-bond acceptors (Lipinski definition) is 1. The van der Waals surface area contributed by atoms with E-state index in [0.29, 0.717) is 0 Å². The molecule has 2 nitrogen and oxygen atoms in total. The quantitative estimate of drug-likeness (QED) is 0.416. The average molecular weight is 221 g/mol. The van der Waals surface area contributed by atoms with Gasteiger partial charge in [-0.1, -0.05) is 43.9 Å². The molecule has 1 aliphatic rings. The molecule has 1 saturated carbocycles. The third-order valence-electron chi connectivity index (χ3n) is 3.11. The van der Waals surface area contributed by atoms with E-state index in [1.165, 1.54) is 32.1 Å². The van der Waals surface area contributed by atoms with Gasteiger partial charge in [-0.3, -0.25) is 4.79 Å². The van der Waals surface area contributed by atoms with Gasteiger partial charge in [-0.15, -0.1) is 0 Å². The van der Waals surface area contributed by atoms with Crippen LogP contribution in [-0.2, 0) is 4.79 Å². The fourth-order valence-electron chi connectivity index (χ4n) is 2.21. The van der Waals surface area contributed by atoms with Crippen molar-refractivity contribution >= 4 is 5.91 Å². The van der Waals surface area contributed by atoms with Crippen LogP contribution in [0.1, 0.15) is 45.4 Å². The van der Waals surface area contributed by atoms with Crippen molar-refractivity contribution in [3.63, 3.8) is 0 Å². The van der Waals surface area contributed by atoms with Gasteiger partial charge in [0.25, 0.3) is 0 Å². The van der Waals surface area contributed by atoms with Gasteiger partial charge in [0.1, 0.15) is 0 Å². The van der Waals surface area contributed by atoms with E-state index in [9.17, 15) is 4.79 Å². The van der Waals surface area contributed by atoms with Crippen molar-refractivity contribution < 1.29 is 4.79 Å². The van der Waals surface area contributed by atoms with Crippen LogP contribution in [0.5, 0.6) is 0 Å². The van der Waals surface area contributed by atoms with E-state index >= 15 is 0 Å². The lowest BCUT2D eigenvalue weighted by Crippen LogP contribution is -2.22. The molecule has 1 amide bonds. The summed E-state index contributed by atoms with van der Waals surface area (Å²) in [6.45, 7) is 2.75. The van der Waals surface area contributed by atoms with Crippen molar-refractivity contribution in [2.24, 2.45) is 5.92 Å². The number of carbonyl (C=O) groups excluding carboxylic acids is 1. The van der Waals surface area contributed by atoms with Crippen LogP contribution in [0.2, 0.25) is 0 Å². The average Bonchev–Trinajstić information content (AvgIpc) is 2.78. The van der Waals surface area contributed by atoms with Crippen LogP contribution in [0.4, 0.5) is 0 Å². The normalized spacial score (nSPS) is 17.6. The first-order chi connectivity index (χ1) is 7.83. The third-order valence-corrected chi connectivity index (χ3v) is 3.11. The monoisotopic (exact) mass is 221 g/mol. The Bertz CT molecular complexity index is 249. The van der Waals surface area contributed by atoms with Gasteiger partial charge in [-0.05, 0) is 25.7 Å².